The average Bonchev–Trinajstić information content (AvgIpc) is 2.80. The van der Waals surface area contributed by atoms with E-state index < -0.39 is 5.97 Å². The molecule has 2 rings (SSSR count). The van der Waals surface area contributed by atoms with E-state index in [9.17, 15) is 14.4 Å². The van der Waals surface area contributed by atoms with Gasteiger partial charge >= 0.3 is 5.97 Å². The van der Waals surface area contributed by atoms with Gasteiger partial charge < -0.3 is 5.11 Å². The van der Waals surface area contributed by atoms with E-state index in [1.165, 1.54) is 17.4 Å². The van der Waals surface area contributed by atoms with Crippen LogP contribution in [0.3, 0.4) is 0 Å². The summed E-state index contributed by atoms with van der Waals surface area (Å²) in [6.45, 7) is 2.43. The van der Waals surface area contributed by atoms with E-state index in [1.807, 2.05) is 11.4 Å². The first-order valence-corrected chi connectivity index (χ1v) is 6.90. The van der Waals surface area contributed by atoms with Crippen LogP contribution in [0, 0.1) is 0 Å². The van der Waals surface area contributed by atoms with Crippen LogP contribution in [0.2, 0.25) is 0 Å². The lowest BCUT2D eigenvalue weighted by molar-refractivity contribution is -0.139. The summed E-state index contributed by atoms with van der Waals surface area (Å²) in [4.78, 5) is 36.1. The van der Waals surface area contributed by atoms with Crippen LogP contribution in [-0.4, -0.2) is 40.4 Å². The van der Waals surface area contributed by atoms with Crippen molar-refractivity contribution in [1.29, 1.82) is 0 Å². The molecule has 1 aromatic heterocycles. The van der Waals surface area contributed by atoms with Crippen LogP contribution in [-0.2, 0) is 20.9 Å². The van der Waals surface area contributed by atoms with Crippen molar-refractivity contribution >= 4 is 35.2 Å². The molecule has 0 aliphatic carbocycles. The molecule has 0 radical (unpaired) electrons. The highest BCUT2D eigenvalue weighted by Crippen LogP contribution is 2.20. The van der Waals surface area contributed by atoms with Gasteiger partial charge in [0.2, 0.25) is 11.8 Å². The molecule has 1 aliphatic heterocycles. The molecule has 1 saturated heterocycles. The predicted octanol–water partition coefficient (Wildman–Crippen LogP) is 0.693. The van der Waals surface area contributed by atoms with Gasteiger partial charge in [0.1, 0.15) is 0 Å². The summed E-state index contributed by atoms with van der Waals surface area (Å²) in [6, 6.07) is 1.50. The van der Waals surface area contributed by atoms with Crippen molar-refractivity contribution in [2.75, 3.05) is 6.54 Å². The zero-order valence-corrected chi connectivity index (χ0v) is 11.6. The van der Waals surface area contributed by atoms with E-state index in [4.69, 9.17) is 5.11 Å². The summed E-state index contributed by atoms with van der Waals surface area (Å²) in [6.07, 6.45) is 2.59. The first-order chi connectivity index (χ1) is 9.45. The van der Waals surface area contributed by atoms with E-state index in [-0.39, 0.29) is 24.4 Å². The highest BCUT2D eigenvalue weighted by Gasteiger charge is 2.30. The van der Waals surface area contributed by atoms with Crippen LogP contribution in [0.15, 0.2) is 17.5 Å². The second kappa shape index (κ2) is 5.98. The number of carbonyl (C=O) groups is 3. The monoisotopic (exact) mass is 294 g/mol. The Morgan fingerprint density at radius 2 is 2.35 bits per heavy atom. The Hall–Kier alpha value is -1.99. The third-order valence-corrected chi connectivity index (χ3v) is 3.93. The molecule has 20 heavy (non-hydrogen) atoms. The average molecular weight is 294 g/mol. The number of nitrogens with one attached hydrogen (secondary N) is 1. The molecule has 7 heteroatoms. The Bertz CT molecular complexity index is 579. The second-order valence-electron chi connectivity index (χ2n) is 4.51. The summed E-state index contributed by atoms with van der Waals surface area (Å²) in [5.41, 5.74) is 0.799. The van der Waals surface area contributed by atoms with E-state index in [0.29, 0.717) is 6.54 Å². The van der Waals surface area contributed by atoms with Crippen LogP contribution in [0.4, 0.5) is 0 Å². The lowest BCUT2D eigenvalue weighted by Gasteiger charge is -2.30. The minimum Gasteiger partial charge on any atom is -0.478 e. The Morgan fingerprint density at radius 3 is 3.05 bits per heavy atom. The Morgan fingerprint density at radius 1 is 1.60 bits per heavy atom. The first-order valence-electron chi connectivity index (χ1n) is 6.02. The zero-order chi connectivity index (χ0) is 14.7. The van der Waals surface area contributed by atoms with E-state index in [1.54, 1.807) is 11.8 Å². The summed E-state index contributed by atoms with van der Waals surface area (Å²) in [5.74, 6) is -1.58. The van der Waals surface area contributed by atoms with Gasteiger partial charge in [0.05, 0.1) is 12.6 Å². The van der Waals surface area contributed by atoms with Gasteiger partial charge in [-0.25, -0.2) is 4.79 Å². The molecular weight excluding hydrogens is 280 g/mol. The molecule has 1 aromatic rings. The van der Waals surface area contributed by atoms with Crippen LogP contribution in [0.5, 0.6) is 0 Å². The van der Waals surface area contributed by atoms with Gasteiger partial charge in [-0.3, -0.25) is 19.8 Å². The lowest BCUT2D eigenvalue weighted by Crippen LogP contribution is -2.56. The van der Waals surface area contributed by atoms with E-state index in [0.717, 1.165) is 16.5 Å². The Labute approximate surface area is 119 Å². The molecule has 1 aliphatic rings. The molecule has 2 N–H and O–H groups in total. The number of hydrogen-bond donors (Lipinski definition) is 2. The zero-order valence-electron chi connectivity index (χ0n) is 10.8. The van der Waals surface area contributed by atoms with Gasteiger partial charge in [0.25, 0.3) is 0 Å². The van der Waals surface area contributed by atoms with Crippen LogP contribution >= 0.6 is 11.3 Å². The third-order valence-electron chi connectivity index (χ3n) is 2.99. The third kappa shape index (κ3) is 3.52. The van der Waals surface area contributed by atoms with Crippen molar-refractivity contribution < 1.29 is 19.5 Å². The molecule has 0 spiro atoms. The fourth-order valence-corrected chi connectivity index (χ4v) is 2.78. The highest BCUT2D eigenvalue weighted by atomic mass is 32.1. The van der Waals surface area contributed by atoms with Gasteiger partial charge in [0, 0.05) is 17.5 Å². The Kier molecular flexibility index (Phi) is 4.31. The number of imide groups is 1. The van der Waals surface area contributed by atoms with Crippen LogP contribution < -0.4 is 5.32 Å². The second-order valence-corrected chi connectivity index (χ2v) is 5.51. The number of aliphatic carboxylic acids is 1. The number of rotatable bonds is 4. The summed E-state index contributed by atoms with van der Waals surface area (Å²) in [7, 11) is 0. The van der Waals surface area contributed by atoms with E-state index >= 15 is 0 Å². The minimum atomic E-state index is -0.996. The first kappa shape index (κ1) is 14.4. The van der Waals surface area contributed by atoms with Crippen molar-refractivity contribution in [3.63, 3.8) is 0 Å². The van der Waals surface area contributed by atoms with Crippen molar-refractivity contribution in [1.82, 2.24) is 10.2 Å². The molecule has 0 bridgehead atoms. The SMILES string of the molecule is CC1C(=O)NC(=O)CN1Cc1cc(C=CC(=O)O)cs1. The number of hydrogen-bond acceptors (Lipinski definition) is 5. The van der Waals surface area contributed by atoms with Crippen LogP contribution in [0.25, 0.3) is 6.08 Å². The molecular formula is C13H14N2O4S. The summed E-state index contributed by atoms with van der Waals surface area (Å²) >= 11 is 1.47. The van der Waals surface area contributed by atoms with Crippen molar-refractivity contribution in [2.24, 2.45) is 0 Å². The number of amides is 2. The molecule has 1 atom stereocenters. The molecule has 2 amide bonds. The lowest BCUT2D eigenvalue weighted by atomic mass is 10.2. The number of carboxylic acid groups (broad SMARTS) is 1. The normalized spacial score (nSPS) is 20.4. The van der Waals surface area contributed by atoms with Gasteiger partial charge in [-0.05, 0) is 30.0 Å². The topological polar surface area (TPSA) is 86.7 Å². The smallest absolute Gasteiger partial charge is 0.328 e. The van der Waals surface area contributed by atoms with Gasteiger partial charge in [-0.1, -0.05) is 0 Å². The number of piperazine rings is 1. The molecule has 6 nitrogen and oxygen atoms in total. The molecule has 106 valence electrons. The maximum Gasteiger partial charge on any atom is 0.328 e. The highest BCUT2D eigenvalue weighted by molar-refractivity contribution is 7.10. The van der Waals surface area contributed by atoms with Gasteiger partial charge in [-0.15, -0.1) is 11.3 Å². The van der Waals surface area contributed by atoms with Crippen molar-refractivity contribution in [2.45, 2.75) is 19.5 Å². The number of carbonyl (C=O) groups excluding carboxylic acids is 2. The van der Waals surface area contributed by atoms with Gasteiger partial charge in [0.15, 0.2) is 0 Å². The fourth-order valence-electron chi connectivity index (χ4n) is 1.90. The predicted molar refractivity (Wildman–Crippen MR) is 74.0 cm³/mol. The molecule has 1 unspecified atom stereocenters. The molecule has 1 fully saturated rings. The standard InChI is InChI=1S/C13H14N2O4S/c1-8-13(19)14-11(16)6-15(8)5-10-4-9(7-20-10)2-3-12(17)18/h2-4,7-8H,5-6H2,1H3,(H,17,18)(H,14,16,19). The summed E-state index contributed by atoms with van der Waals surface area (Å²) in [5, 5.41) is 12.7. The number of carboxylic acids is 1. The molecule has 0 saturated carbocycles. The van der Waals surface area contributed by atoms with Crippen molar-refractivity contribution in [3.8, 4) is 0 Å². The maximum atomic E-state index is 11.5. The quantitative estimate of drug-likeness (QED) is 0.630. The fraction of sp³-hybridized carbons (Fsp3) is 0.308. The summed E-state index contributed by atoms with van der Waals surface area (Å²) < 4.78 is 0. The molecule has 2 heterocycles. The number of nitrogens with zero attached hydrogens (tertiary/aromatic N) is 1. The maximum absolute atomic E-state index is 11.5. The van der Waals surface area contributed by atoms with Gasteiger partial charge in [-0.2, -0.15) is 0 Å². The van der Waals surface area contributed by atoms with Crippen molar-refractivity contribution in [3.05, 3.63) is 28.0 Å². The molecule has 0 aromatic carbocycles. The Balaban J connectivity index is 2.04. The largest absolute Gasteiger partial charge is 0.478 e. The van der Waals surface area contributed by atoms with Crippen LogP contribution in [0.1, 0.15) is 17.4 Å². The van der Waals surface area contributed by atoms with E-state index in [2.05, 4.69) is 5.32 Å². The minimum absolute atomic E-state index is 0.186. The number of thiophene rings is 1.